The maximum absolute atomic E-state index is 10.4. The number of unbranched alkanes of at least 4 members (excludes halogenated alkanes) is 16. The zero-order valence-corrected chi connectivity index (χ0v) is 22.5. The van der Waals surface area contributed by atoms with Crippen LogP contribution in [0.15, 0.2) is 48.6 Å². The van der Waals surface area contributed by atoms with Crippen LogP contribution >= 0.6 is 0 Å². The molecule has 34 heavy (non-hydrogen) atoms. The molecule has 0 aliphatic rings. The second-order valence-corrected chi connectivity index (χ2v) is 9.62. The van der Waals surface area contributed by atoms with Gasteiger partial charge in [-0.05, 0) is 51.4 Å². The first-order chi connectivity index (χ1) is 16.8. The SMILES string of the molecule is CCCCC/C=C/C/C=C/C/C=C/C/C=C/CCCCCCCCCCCCCCCC(=O)O. The normalized spacial score (nSPS) is 12.3. The molecule has 1 N–H and O–H groups in total. The summed E-state index contributed by atoms with van der Waals surface area (Å²) < 4.78 is 0. The van der Waals surface area contributed by atoms with Crippen LogP contribution in [-0.2, 0) is 4.79 Å². The molecule has 0 saturated carbocycles. The van der Waals surface area contributed by atoms with Gasteiger partial charge in [-0.25, -0.2) is 0 Å². The minimum atomic E-state index is -0.657. The molecule has 0 amide bonds. The van der Waals surface area contributed by atoms with Gasteiger partial charge < -0.3 is 5.11 Å². The van der Waals surface area contributed by atoms with E-state index in [4.69, 9.17) is 5.11 Å². The predicted octanol–water partition coefficient (Wildman–Crippen LogP) is 10.9. The Balaban J connectivity index is 3.25. The average molecular weight is 473 g/mol. The van der Waals surface area contributed by atoms with Crippen molar-refractivity contribution in [3.05, 3.63) is 48.6 Å². The smallest absolute Gasteiger partial charge is 0.303 e. The van der Waals surface area contributed by atoms with Gasteiger partial charge in [0.2, 0.25) is 0 Å². The number of rotatable bonds is 26. The summed E-state index contributed by atoms with van der Waals surface area (Å²) in [6, 6.07) is 0. The van der Waals surface area contributed by atoms with Gasteiger partial charge in [-0.1, -0.05) is 139 Å². The first-order valence-corrected chi connectivity index (χ1v) is 14.6. The molecule has 0 bridgehead atoms. The Bertz CT molecular complexity index is 527. The van der Waals surface area contributed by atoms with Crippen molar-refractivity contribution in [3.63, 3.8) is 0 Å². The largest absolute Gasteiger partial charge is 0.481 e. The van der Waals surface area contributed by atoms with Gasteiger partial charge in [0.15, 0.2) is 0 Å². The van der Waals surface area contributed by atoms with Crippen LogP contribution in [0.2, 0.25) is 0 Å². The minimum absolute atomic E-state index is 0.337. The number of aliphatic carboxylic acids is 1. The number of carboxylic acids is 1. The quantitative estimate of drug-likeness (QED) is 0.100. The molecule has 0 aromatic rings. The van der Waals surface area contributed by atoms with E-state index in [-0.39, 0.29) is 0 Å². The molecule has 0 aliphatic heterocycles. The highest BCUT2D eigenvalue weighted by Crippen LogP contribution is 2.13. The molecule has 0 spiro atoms. The van der Waals surface area contributed by atoms with Crippen LogP contribution < -0.4 is 0 Å². The molecule has 2 nitrogen and oxygen atoms in total. The van der Waals surface area contributed by atoms with E-state index in [1.165, 1.54) is 103 Å². The Kier molecular flexibility index (Phi) is 28.1. The monoisotopic (exact) mass is 472 g/mol. The summed E-state index contributed by atoms with van der Waals surface area (Å²) in [5.41, 5.74) is 0. The fourth-order valence-corrected chi connectivity index (χ4v) is 4.04. The summed E-state index contributed by atoms with van der Waals surface area (Å²) >= 11 is 0. The Hall–Kier alpha value is -1.57. The standard InChI is InChI=1S/C32H56O2/c1-2-3-4-5-6-7-8-9-10-11-12-13-14-15-16-17-18-19-20-21-22-23-24-25-26-27-28-29-30-31-32(33)34/h6-7,9-10,12-13,15-16H,2-5,8,11,14,17-31H2,1H3,(H,33,34)/b7-6+,10-9+,13-12+,16-15+. The highest BCUT2D eigenvalue weighted by Gasteiger charge is 1.97. The lowest BCUT2D eigenvalue weighted by molar-refractivity contribution is -0.137. The highest BCUT2D eigenvalue weighted by atomic mass is 16.4. The van der Waals surface area contributed by atoms with Crippen molar-refractivity contribution in [2.75, 3.05) is 0 Å². The molecular weight excluding hydrogens is 416 g/mol. The minimum Gasteiger partial charge on any atom is -0.481 e. The predicted molar refractivity (Wildman–Crippen MR) is 151 cm³/mol. The number of allylic oxidation sites excluding steroid dienone is 8. The van der Waals surface area contributed by atoms with Crippen molar-refractivity contribution in [2.45, 2.75) is 148 Å². The molecule has 0 rings (SSSR count). The van der Waals surface area contributed by atoms with Crippen LogP contribution in [0.1, 0.15) is 148 Å². The Morgan fingerprint density at radius 1 is 0.471 bits per heavy atom. The van der Waals surface area contributed by atoms with E-state index in [1.54, 1.807) is 0 Å². The van der Waals surface area contributed by atoms with Crippen LogP contribution in [0.3, 0.4) is 0 Å². The first-order valence-electron chi connectivity index (χ1n) is 14.6. The van der Waals surface area contributed by atoms with Crippen LogP contribution in [0.4, 0.5) is 0 Å². The lowest BCUT2D eigenvalue weighted by atomic mass is 10.0. The molecule has 0 aromatic carbocycles. The van der Waals surface area contributed by atoms with Crippen molar-refractivity contribution in [1.82, 2.24) is 0 Å². The van der Waals surface area contributed by atoms with E-state index >= 15 is 0 Å². The average Bonchev–Trinajstić information content (AvgIpc) is 2.83. The summed E-state index contributed by atoms with van der Waals surface area (Å²) in [6.45, 7) is 2.25. The second kappa shape index (κ2) is 29.5. The second-order valence-electron chi connectivity index (χ2n) is 9.62. The molecule has 0 aromatic heterocycles. The van der Waals surface area contributed by atoms with E-state index in [2.05, 4.69) is 55.5 Å². The summed E-state index contributed by atoms with van der Waals surface area (Å²) in [4.78, 5) is 10.4. The topological polar surface area (TPSA) is 37.3 Å². The molecule has 0 fully saturated rings. The first kappa shape index (κ1) is 32.4. The van der Waals surface area contributed by atoms with Crippen molar-refractivity contribution in [3.8, 4) is 0 Å². The fourth-order valence-electron chi connectivity index (χ4n) is 4.04. The molecule has 0 unspecified atom stereocenters. The van der Waals surface area contributed by atoms with Crippen molar-refractivity contribution in [2.24, 2.45) is 0 Å². The highest BCUT2D eigenvalue weighted by molar-refractivity contribution is 5.66. The van der Waals surface area contributed by atoms with E-state index in [0.29, 0.717) is 6.42 Å². The van der Waals surface area contributed by atoms with Crippen molar-refractivity contribution in [1.29, 1.82) is 0 Å². The van der Waals surface area contributed by atoms with Gasteiger partial charge in [-0.2, -0.15) is 0 Å². The zero-order chi connectivity index (χ0) is 24.8. The van der Waals surface area contributed by atoms with Crippen LogP contribution in [0, 0.1) is 0 Å². The lowest BCUT2D eigenvalue weighted by Gasteiger charge is -2.03. The van der Waals surface area contributed by atoms with Crippen molar-refractivity contribution >= 4 is 5.97 Å². The Labute approximate surface area is 212 Å². The molecule has 0 heterocycles. The summed E-state index contributed by atoms with van der Waals surface area (Å²) in [5.74, 6) is -0.657. The molecule has 2 heteroatoms. The number of carbonyl (C=O) groups is 1. The number of carboxylic acid groups (broad SMARTS) is 1. The third kappa shape index (κ3) is 30.4. The molecule has 0 radical (unpaired) electrons. The molecule has 196 valence electrons. The van der Waals surface area contributed by atoms with Gasteiger partial charge in [0.25, 0.3) is 0 Å². The van der Waals surface area contributed by atoms with Crippen LogP contribution in [-0.4, -0.2) is 11.1 Å². The molecule has 0 aliphatic carbocycles. The third-order valence-electron chi connectivity index (χ3n) is 6.22. The molecule has 0 saturated heterocycles. The Morgan fingerprint density at radius 2 is 0.794 bits per heavy atom. The van der Waals surface area contributed by atoms with Crippen LogP contribution in [0.25, 0.3) is 0 Å². The van der Waals surface area contributed by atoms with E-state index < -0.39 is 5.97 Å². The Morgan fingerprint density at radius 3 is 1.18 bits per heavy atom. The van der Waals surface area contributed by atoms with Gasteiger partial charge >= 0.3 is 5.97 Å². The summed E-state index contributed by atoms with van der Waals surface area (Å²) in [6.07, 6.45) is 45.0. The van der Waals surface area contributed by atoms with E-state index in [1.807, 2.05) is 0 Å². The van der Waals surface area contributed by atoms with Gasteiger partial charge in [0.05, 0.1) is 0 Å². The van der Waals surface area contributed by atoms with E-state index in [9.17, 15) is 4.79 Å². The van der Waals surface area contributed by atoms with Gasteiger partial charge in [0.1, 0.15) is 0 Å². The third-order valence-corrected chi connectivity index (χ3v) is 6.22. The number of hydrogen-bond acceptors (Lipinski definition) is 1. The number of hydrogen-bond donors (Lipinski definition) is 1. The lowest BCUT2D eigenvalue weighted by Crippen LogP contribution is -1.93. The fraction of sp³-hybridized carbons (Fsp3) is 0.719. The van der Waals surface area contributed by atoms with Crippen LogP contribution in [0.5, 0.6) is 0 Å². The zero-order valence-electron chi connectivity index (χ0n) is 22.5. The maximum Gasteiger partial charge on any atom is 0.303 e. The summed E-state index contributed by atoms with van der Waals surface area (Å²) in [7, 11) is 0. The summed E-state index contributed by atoms with van der Waals surface area (Å²) in [5, 5.41) is 8.61. The molecule has 0 atom stereocenters. The van der Waals surface area contributed by atoms with Gasteiger partial charge in [-0.3, -0.25) is 4.79 Å². The maximum atomic E-state index is 10.4. The van der Waals surface area contributed by atoms with Gasteiger partial charge in [0, 0.05) is 6.42 Å². The van der Waals surface area contributed by atoms with Gasteiger partial charge in [-0.15, -0.1) is 0 Å². The van der Waals surface area contributed by atoms with E-state index in [0.717, 1.165) is 32.1 Å². The molecular formula is C32H56O2. The van der Waals surface area contributed by atoms with Crippen molar-refractivity contribution < 1.29 is 9.90 Å².